The molecule has 0 radical (unpaired) electrons. The Balaban J connectivity index is 2.68. The van der Waals surface area contributed by atoms with Crippen molar-refractivity contribution in [3.05, 3.63) is 0 Å². The Labute approximate surface area is 105 Å². The lowest BCUT2D eigenvalue weighted by Crippen LogP contribution is -2.47. The van der Waals surface area contributed by atoms with E-state index in [2.05, 4.69) is 12.2 Å². The van der Waals surface area contributed by atoms with Crippen LogP contribution in [0.15, 0.2) is 0 Å². The van der Waals surface area contributed by atoms with Gasteiger partial charge in [-0.1, -0.05) is 13.3 Å². The van der Waals surface area contributed by atoms with E-state index >= 15 is 0 Å². The highest BCUT2D eigenvalue weighted by atomic mass is 32.2. The molecule has 0 aromatic carbocycles. The van der Waals surface area contributed by atoms with Crippen LogP contribution in [0.2, 0.25) is 0 Å². The molecule has 1 N–H and O–H groups in total. The molecule has 1 atom stereocenters. The minimum atomic E-state index is -3.26. The van der Waals surface area contributed by atoms with Crippen LogP contribution in [0, 0.1) is 0 Å². The Morgan fingerprint density at radius 3 is 2.76 bits per heavy atom. The minimum absolute atomic E-state index is 0.120. The lowest BCUT2D eigenvalue weighted by Gasteiger charge is -2.28. The summed E-state index contributed by atoms with van der Waals surface area (Å²) >= 11 is 0. The van der Waals surface area contributed by atoms with Gasteiger partial charge in [-0.25, -0.2) is 0 Å². The van der Waals surface area contributed by atoms with Gasteiger partial charge in [0.15, 0.2) is 0 Å². The molecule has 1 heterocycles. The van der Waals surface area contributed by atoms with Gasteiger partial charge in [0.25, 0.3) is 10.2 Å². The quantitative estimate of drug-likeness (QED) is 0.733. The molecule has 0 aromatic rings. The predicted octanol–water partition coefficient (Wildman–Crippen LogP) is 0.647. The lowest BCUT2D eigenvalue weighted by atomic mass is 10.2. The molecular formula is C11H25N3O2S. The van der Waals surface area contributed by atoms with Crippen molar-refractivity contribution in [3.63, 3.8) is 0 Å². The van der Waals surface area contributed by atoms with E-state index in [-0.39, 0.29) is 6.04 Å². The van der Waals surface area contributed by atoms with Crippen molar-refractivity contribution in [2.75, 3.05) is 33.7 Å². The molecule has 0 aromatic heterocycles. The fourth-order valence-electron chi connectivity index (χ4n) is 2.23. The Hall–Kier alpha value is -0.170. The smallest absolute Gasteiger partial charge is 0.282 e. The molecule has 6 heteroatoms. The first-order valence-corrected chi connectivity index (χ1v) is 7.81. The predicted molar refractivity (Wildman–Crippen MR) is 70.1 cm³/mol. The first kappa shape index (κ1) is 14.9. The molecule has 0 bridgehead atoms. The number of nitrogens with one attached hydrogen (secondary N) is 1. The SMILES string of the molecule is CCCCN(C)S(=O)(=O)N1CCCC1CNC. The van der Waals surface area contributed by atoms with Gasteiger partial charge < -0.3 is 5.32 Å². The average molecular weight is 263 g/mol. The molecular weight excluding hydrogens is 238 g/mol. The normalized spacial score (nSPS) is 22.5. The van der Waals surface area contributed by atoms with Gasteiger partial charge in [-0.15, -0.1) is 0 Å². The van der Waals surface area contributed by atoms with Gasteiger partial charge in [0.1, 0.15) is 0 Å². The molecule has 5 nitrogen and oxygen atoms in total. The van der Waals surface area contributed by atoms with Crippen LogP contribution >= 0.6 is 0 Å². The van der Waals surface area contributed by atoms with Gasteiger partial charge in [0.05, 0.1) is 0 Å². The Bertz CT molecular complexity index is 319. The highest BCUT2D eigenvalue weighted by molar-refractivity contribution is 7.86. The standard InChI is InChI=1S/C11H25N3O2S/c1-4-5-8-13(3)17(15,16)14-9-6-7-11(14)10-12-2/h11-12H,4-10H2,1-3H3. The van der Waals surface area contributed by atoms with E-state index in [4.69, 9.17) is 0 Å². The van der Waals surface area contributed by atoms with Crippen molar-refractivity contribution in [1.29, 1.82) is 0 Å². The van der Waals surface area contributed by atoms with E-state index in [1.807, 2.05) is 7.05 Å². The summed E-state index contributed by atoms with van der Waals surface area (Å²) in [6.45, 7) is 4.08. The van der Waals surface area contributed by atoms with Gasteiger partial charge in [-0.3, -0.25) is 0 Å². The molecule has 1 unspecified atom stereocenters. The second-order valence-corrected chi connectivity index (χ2v) is 6.64. The lowest BCUT2D eigenvalue weighted by molar-refractivity contribution is 0.336. The maximum Gasteiger partial charge on any atom is 0.282 e. The molecule has 1 fully saturated rings. The highest BCUT2D eigenvalue weighted by Crippen LogP contribution is 2.22. The van der Waals surface area contributed by atoms with Crippen molar-refractivity contribution >= 4 is 10.2 Å². The van der Waals surface area contributed by atoms with E-state index in [0.717, 1.165) is 32.2 Å². The summed E-state index contributed by atoms with van der Waals surface area (Å²) in [5.74, 6) is 0. The zero-order chi connectivity index (χ0) is 12.9. The topological polar surface area (TPSA) is 52.7 Å². The average Bonchev–Trinajstić information content (AvgIpc) is 2.75. The number of hydrogen-bond acceptors (Lipinski definition) is 3. The third kappa shape index (κ3) is 3.64. The molecule has 1 aliphatic rings. The first-order chi connectivity index (χ1) is 8.04. The number of nitrogens with zero attached hydrogens (tertiary/aromatic N) is 2. The van der Waals surface area contributed by atoms with Gasteiger partial charge in [0.2, 0.25) is 0 Å². The van der Waals surface area contributed by atoms with E-state index in [1.165, 1.54) is 4.31 Å². The first-order valence-electron chi connectivity index (χ1n) is 6.41. The summed E-state index contributed by atoms with van der Waals surface area (Å²) in [4.78, 5) is 0. The largest absolute Gasteiger partial charge is 0.318 e. The van der Waals surface area contributed by atoms with Crippen LogP contribution in [0.1, 0.15) is 32.6 Å². The van der Waals surface area contributed by atoms with Crippen molar-refractivity contribution in [1.82, 2.24) is 13.9 Å². The van der Waals surface area contributed by atoms with E-state index in [9.17, 15) is 8.42 Å². The second-order valence-electron chi connectivity index (χ2n) is 4.65. The summed E-state index contributed by atoms with van der Waals surface area (Å²) in [6, 6.07) is 0.120. The summed E-state index contributed by atoms with van der Waals surface area (Å²) < 4.78 is 27.8. The van der Waals surface area contributed by atoms with Crippen LogP contribution in [0.5, 0.6) is 0 Å². The monoisotopic (exact) mass is 263 g/mol. The molecule has 102 valence electrons. The third-order valence-electron chi connectivity index (χ3n) is 3.28. The molecule has 0 aliphatic carbocycles. The summed E-state index contributed by atoms with van der Waals surface area (Å²) in [5.41, 5.74) is 0. The summed E-state index contributed by atoms with van der Waals surface area (Å²) in [5, 5.41) is 3.07. The molecule has 0 spiro atoms. The third-order valence-corrected chi connectivity index (χ3v) is 5.32. The Morgan fingerprint density at radius 2 is 2.18 bits per heavy atom. The van der Waals surface area contributed by atoms with Crippen molar-refractivity contribution < 1.29 is 8.42 Å². The zero-order valence-corrected chi connectivity index (χ0v) is 12.0. The van der Waals surface area contributed by atoms with Crippen LogP contribution < -0.4 is 5.32 Å². The fourth-order valence-corrected chi connectivity index (χ4v) is 3.86. The van der Waals surface area contributed by atoms with Crippen LogP contribution in [0.4, 0.5) is 0 Å². The van der Waals surface area contributed by atoms with Crippen molar-refractivity contribution in [2.24, 2.45) is 0 Å². The molecule has 1 rings (SSSR count). The van der Waals surface area contributed by atoms with E-state index < -0.39 is 10.2 Å². The summed E-state index contributed by atoms with van der Waals surface area (Å²) in [7, 11) is 0.290. The molecule has 0 amide bonds. The van der Waals surface area contributed by atoms with Gasteiger partial charge in [-0.05, 0) is 26.3 Å². The number of likely N-dealkylation sites (N-methyl/N-ethyl adjacent to an activating group) is 1. The maximum absolute atomic E-state index is 12.3. The van der Waals surface area contributed by atoms with Crippen molar-refractivity contribution in [3.8, 4) is 0 Å². The zero-order valence-electron chi connectivity index (χ0n) is 11.1. The van der Waals surface area contributed by atoms with Gasteiger partial charge in [0, 0.05) is 32.7 Å². The number of rotatable bonds is 7. The van der Waals surface area contributed by atoms with Crippen LogP contribution in [0.25, 0.3) is 0 Å². The van der Waals surface area contributed by atoms with Gasteiger partial charge in [-0.2, -0.15) is 17.0 Å². The Morgan fingerprint density at radius 1 is 1.47 bits per heavy atom. The van der Waals surface area contributed by atoms with E-state index in [1.54, 1.807) is 11.4 Å². The Kier molecular flexibility index (Phi) is 5.85. The fraction of sp³-hybridized carbons (Fsp3) is 1.00. The minimum Gasteiger partial charge on any atom is -0.318 e. The van der Waals surface area contributed by atoms with Crippen LogP contribution in [-0.4, -0.2) is 56.8 Å². The number of unbranched alkanes of at least 4 members (excludes halogenated alkanes) is 1. The molecule has 0 saturated carbocycles. The molecule has 17 heavy (non-hydrogen) atoms. The van der Waals surface area contributed by atoms with Crippen LogP contribution in [-0.2, 0) is 10.2 Å². The number of hydrogen-bond donors (Lipinski definition) is 1. The van der Waals surface area contributed by atoms with Gasteiger partial charge >= 0.3 is 0 Å². The molecule has 1 aliphatic heterocycles. The summed E-state index contributed by atoms with van der Waals surface area (Å²) in [6.07, 6.45) is 3.86. The maximum atomic E-state index is 12.3. The highest BCUT2D eigenvalue weighted by Gasteiger charge is 2.35. The molecule has 1 saturated heterocycles. The van der Waals surface area contributed by atoms with Crippen LogP contribution in [0.3, 0.4) is 0 Å². The second kappa shape index (κ2) is 6.68. The van der Waals surface area contributed by atoms with E-state index in [0.29, 0.717) is 13.1 Å². The van der Waals surface area contributed by atoms with Crippen molar-refractivity contribution in [2.45, 2.75) is 38.6 Å².